The SMILES string of the molecule is Cc1ccc(Nc2cc(C)nc(NCCNC(=O)c3cc(-c4ccc(F)cc4)nn3C)n2)cc1. The Morgan fingerprint density at radius 2 is 1.71 bits per heavy atom. The van der Waals surface area contributed by atoms with Crippen molar-refractivity contribution in [1.29, 1.82) is 0 Å². The minimum atomic E-state index is -0.319. The average molecular weight is 460 g/mol. The Morgan fingerprint density at radius 1 is 0.971 bits per heavy atom. The van der Waals surface area contributed by atoms with Crippen molar-refractivity contribution in [3.63, 3.8) is 0 Å². The first-order valence-electron chi connectivity index (χ1n) is 10.9. The number of nitrogens with one attached hydrogen (secondary N) is 3. The summed E-state index contributed by atoms with van der Waals surface area (Å²) in [7, 11) is 1.70. The molecule has 1 amide bonds. The Kier molecular flexibility index (Phi) is 6.82. The van der Waals surface area contributed by atoms with Gasteiger partial charge in [-0.2, -0.15) is 10.1 Å². The zero-order valence-electron chi connectivity index (χ0n) is 19.3. The number of carbonyl (C=O) groups excluding carboxylic acids is 1. The van der Waals surface area contributed by atoms with Crippen LogP contribution in [-0.2, 0) is 7.05 Å². The summed E-state index contributed by atoms with van der Waals surface area (Å²) in [6.45, 7) is 4.75. The van der Waals surface area contributed by atoms with Crippen molar-refractivity contribution in [3.8, 4) is 11.3 Å². The molecular weight excluding hydrogens is 433 g/mol. The number of aryl methyl sites for hydroxylation is 3. The maximum atomic E-state index is 13.2. The van der Waals surface area contributed by atoms with E-state index in [1.54, 1.807) is 25.2 Å². The molecule has 9 heteroatoms. The van der Waals surface area contributed by atoms with Crippen LogP contribution < -0.4 is 16.0 Å². The van der Waals surface area contributed by atoms with E-state index >= 15 is 0 Å². The molecule has 0 atom stereocenters. The first-order chi connectivity index (χ1) is 16.4. The lowest BCUT2D eigenvalue weighted by Crippen LogP contribution is -2.30. The predicted octanol–water partition coefficient (Wildman–Crippen LogP) is 4.22. The van der Waals surface area contributed by atoms with Crippen LogP contribution >= 0.6 is 0 Å². The minimum absolute atomic E-state index is 0.253. The number of hydrogen-bond donors (Lipinski definition) is 3. The molecule has 4 rings (SSSR count). The summed E-state index contributed by atoms with van der Waals surface area (Å²) in [4.78, 5) is 21.5. The first kappa shape index (κ1) is 22.9. The molecule has 2 aromatic heterocycles. The van der Waals surface area contributed by atoms with E-state index in [1.807, 2.05) is 44.2 Å². The molecule has 4 aromatic rings. The summed E-state index contributed by atoms with van der Waals surface area (Å²) in [5, 5.41) is 13.6. The van der Waals surface area contributed by atoms with Gasteiger partial charge in [-0.15, -0.1) is 0 Å². The molecule has 34 heavy (non-hydrogen) atoms. The molecule has 0 aliphatic heterocycles. The molecule has 2 aromatic carbocycles. The second-order valence-corrected chi connectivity index (χ2v) is 7.94. The van der Waals surface area contributed by atoms with Gasteiger partial charge in [-0.3, -0.25) is 9.48 Å². The Labute approximate surface area is 197 Å². The first-order valence-corrected chi connectivity index (χ1v) is 10.9. The summed E-state index contributed by atoms with van der Waals surface area (Å²) in [6.07, 6.45) is 0. The topological polar surface area (TPSA) is 96.8 Å². The normalized spacial score (nSPS) is 10.7. The summed E-state index contributed by atoms with van der Waals surface area (Å²) in [5.74, 6) is 0.590. The molecule has 0 spiro atoms. The lowest BCUT2D eigenvalue weighted by molar-refractivity contribution is 0.0945. The Hall–Kier alpha value is -4.27. The van der Waals surface area contributed by atoms with Gasteiger partial charge in [0.1, 0.15) is 17.3 Å². The third kappa shape index (κ3) is 5.74. The number of anilines is 3. The molecule has 0 saturated heterocycles. The molecule has 174 valence electrons. The van der Waals surface area contributed by atoms with Gasteiger partial charge in [0.15, 0.2) is 0 Å². The van der Waals surface area contributed by atoms with E-state index in [1.165, 1.54) is 22.4 Å². The van der Waals surface area contributed by atoms with Crippen LogP contribution in [0, 0.1) is 19.7 Å². The van der Waals surface area contributed by atoms with Gasteiger partial charge in [-0.1, -0.05) is 17.7 Å². The third-order valence-electron chi connectivity index (χ3n) is 5.12. The van der Waals surface area contributed by atoms with Crippen LogP contribution in [0.3, 0.4) is 0 Å². The summed E-state index contributed by atoms with van der Waals surface area (Å²) in [5.41, 5.74) is 4.71. The van der Waals surface area contributed by atoms with E-state index in [4.69, 9.17) is 0 Å². The molecular formula is C25H26FN7O. The van der Waals surface area contributed by atoms with Crippen LogP contribution in [0.25, 0.3) is 11.3 Å². The molecule has 0 bridgehead atoms. The van der Waals surface area contributed by atoms with Crippen molar-refractivity contribution in [2.45, 2.75) is 13.8 Å². The molecule has 0 saturated carbocycles. The second kappa shape index (κ2) is 10.1. The van der Waals surface area contributed by atoms with Crippen LogP contribution in [0.5, 0.6) is 0 Å². The quantitative estimate of drug-likeness (QED) is 0.342. The lowest BCUT2D eigenvalue weighted by atomic mass is 10.1. The van der Waals surface area contributed by atoms with Crippen LogP contribution in [0.1, 0.15) is 21.7 Å². The fraction of sp³-hybridized carbons (Fsp3) is 0.200. The number of benzene rings is 2. The fourth-order valence-corrected chi connectivity index (χ4v) is 3.38. The monoisotopic (exact) mass is 459 g/mol. The highest BCUT2D eigenvalue weighted by Gasteiger charge is 2.14. The maximum absolute atomic E-state index is 13.2. The highest BCUT2D eigenvalue weighted by molar-refractivity contribution is 5.93. The van der Waals surface area contributed by atoms with Crippen LogP contribution in [0.15, 0.2) is 60.7 Å². The number of rotatable bonds is 8. The smallest absolute Gasteiger partial charge is 0.269 e. The van der Waals surface area contributed by atoms with Gasteiger partial charge in [-0.05, 0) is 56.3 Å². The standard InChI is InChI=1S/C25H26FN7O/c1-16-4-10-20(11-5-16)30-23-14-17(2)29-25(31-23)28-13-12-27-24(34)22-15-21(32-33(22)3)18-6-8-19(26)9-7-18/h4-11,14-15H,12-13H2,1-3H3,(H,27,34)(H2,28,29,30,31). The van der Waals surface area contributed by atoms with Gasteiger partial charge in [0.2, 0.25) is 5.95 Å². The van der Waals surface area contributed by atoms with Crippen LogP contribution in [0.4, 0.5) is 21.8 Å². The zero-order valence-corrected chi connectivity index (χ0v) is 19.3. The Morgan fingerprint density at radius 3 is 2.44 bits per heavy atom. The van der Waals surface area contributed by atoms with Crippen molar-refractivity contribution in [2.75, 3.05) is 23.7 Å². The summed E-state index contributed by atoms with van der Waals surface area (Å²) in [6, 6.07) is 17.6. The second-order valence-electron chi connectivity index (χ2n) is 7.94. The molecule has 0 aliphatic rings. The molecule has 8 nitrogen and oxygen atoms in total. The maximum Gasteiger partial charge on any atom is 0.269 e. The minimum Gasteiger partial charge on any atom is -0.352 e. The van der Waals surface area contributed by atoms with Crippen molar-refractivity contribution < 1.29 is 9.18 Å². The number of amides is 1. The fourth-order valence-electron chi connectivity index (χ4n) is 3.38. The third-order valence-corrected chi connectivity index (χ3v) is 5.12. The average Bonchev–Trinajstić information content (AvgIpc) is 3.20. The molecule has 0 aliphatic carbocycles. The number of carbonyl (C=O) groups is 1. The number of hydrogen-bond acceptors (Lipinski definition) is 6. The van der Waals surface area contributed by atoms with Gasteiger partial charge in [-0.25, -0.2) is 9.37 Å². The Balaban J connectivity index is 1.32. The highest BCUT2D eigenvalue weighted by Crippen LogP contribution is 2.19. The van der Waals surface area contributed by atoms with E-state index in [0.717, 1.165) is 16.9 Å². The lowest BCUT2D eigenvalue weighted by Gasteiger charge is -2.11. The zero-order chi connectivity index (χ0) is 24.1. The predicted molar refractivity (Wildman–Crippen MR) is 131 cm³/mol. The van der Waals surface area contributed by atoms with E-state index < -0.39 is 0 Å². The molecule has 0 fully saturated rings. The van der Waals surface area contributed by atoms with Gasteiger partial charge < -0.3 is 16.0 Å². The van der Waals surface area contributed by atoms with Crippen molar-refractivity contribution in [1.82, 2.24) is 25.1 Å². The molecule has 3 N–H and O–H groups in total. The van der Waals surface area contributed by atoms with Crippen molar-refractivity contribution in [3.05, 3.63) is 83.4 Å². The number of nitrogens with zero attached hydrogens (tertiary/aromatic N) is 4. The molecule has 2 heterocycles. The Bertz CT molecular complexity index is 1280. The van der Waals surface area contributed by atoms with Crippen LogP contribution in [0.2, 0.25) is 0 Å². The molecule has 0 radical (unpaired) electrons. The molecule has 0 unspecified atom stereocenters. The van der Waals surface area contributed by atoms with Gasteiger partial charge in [0.05, 0.1) is 5.69 Å². The van der Waals surface area contributed by atoms with E-state index in [2.05, 4.69) is 31.0 Å². The van der Waals surface area contributed by atoms with Crippen molar-refractivity contribution in [2.24, 2.45) is 7.05 Å². The largest absolute Gasteiger partial charge is 0.352 e. The van der Waals surface area contributed by atoms with E-state index in [-0.39, 0.29) is 11.7 Å². The highest BCUT2D eigenvalue weighted by atomic mass is 19.1. The van der Waals surface area contributed by atoms with Gasteiger partial charge in [0.25, 0.3) is 5.91 Å². The van der Waals surface area contributed by atoms with Crippen molar-refractivity contribution >= 4 is 23.4 Å². The number of aromatic nitrogens is 4. The summed E-state index contributed by atoms with van der Waals surface area (Å²) < 4.78 is 14.7. The van der Waals surface area contributed by atoms with Gasteiger partial charge in [0, 0.05) is 43.1 Å². The van der Waals surface area contributed by atoms with E-state index in [9.17, 15) is 9.18 Å². The number of halogens is 1. The van der Waals surface area contributed by atoms with E-state index in [0.29, 0.717) is 36.2 Å². The van der Waals surface area contributed by atoms with Gasteiger partial charge >= 0.3 is 0 Å². The van der Waals surface area contributed by atoms with Crippen LogP contribution in [-0.4, -0.2) is 38.7 Å². The summed E-state index contributed by atoms with van der Waals surface area (Å²) >= 11 is 0.